The largest absolute Gasteiger partial charge is 0.472 e. The van der Waals surface area contributed by atoms with E-state index in [2.05, 4.69) is 11.6 Å². The molecule has 1 aromatic carbocycles. The monoisotopic (exact) mass is 480 g/mol. The zero-order chi connectivity index (χ0) is 23.3. The molecule has 0 fully saturated rings. The van der Waals surface area contributed by atoms with Crippen molar-refractivity contribution in [3.05, 3.63) is 45.9 Å². The van der Waals surface area contributed by atoms with Crippen LogP contribution in [-0.4, -0.2) is 18.0 Å². The predicted molar refractivity (Wildman–Crippen MR) is 61.5 cm³/mol. The Hall–Kier alpha value is -2.00. The minimum absolute atomic E-state index is 1.92. The zero-order valence-corrected chi connectivity index (χ0v) is 13.2. The summed E-state index contributed by atoms with van der Waals surface area (Å²) in [5.74, 6) is -35.5. The van der Waals surface area contributed by atoms with Gasteiger partial charge in [0.25, 0.3) is 0 Å². The molecule has 0 spiro atoms. The molecule has 0 atom stereocenters. The predicted octanol–water partition coefficient (Wildman–Crippen LogP) is 6.90. The van der Waals surface area contributed by atoms with Crippen LogP contribution in [0.5, 0.6) is 0 Å². The molecule has 1 aromatic rings. The number of hydrogen-bond donors (Lipinski definition) is 0. The molecular weight excluding hydrogens is 481 g/mol. The van der Waals surface area contributed by atoms with Gasteiger partial charge in [0.15, 0.2) is 23.3 Å². The molecule has 0 unspecified atom stereocenters. The Balaban J connectivity index is 3.73. The van der Waals surface area contributed by atoms with Crippen LogP contribution in [-0.2, 0) is 10.7 Å². The third-order valence-corrected chi connectivity index (χ3v) is 3.38. The summed E-state index contributed by atoms with van der Waals surface area (Å²) in [6.45, 7) is 0. The van der Waals surface area contributed by atoms with Crippen LogP contribution in [0, 0.1) is 23.3 Å². The van der Waals surface area contributed by atoms with E-state index in [-0.39, 0.29) is 0 Å². The highest BCUT2D eigenvalue weighted by Gasteiger charge is 2.84. The van der Waals surface area contributed by atoms with Crippen LogP contribution in [0.15, 0.2) is 12.1 Å². The van der Waals surface area contributed by atoms with Crippen molar-refractivity contribution in [3.63, 3.8) is 0 Å². The van der Waals surface area contributed by atoms with E-state index in [0.29, 0.717) is 0 Å². The molecule has 0 aliphatic carbocycles. The summed E-state index contributed by atoms with van der Waals surface area (Å²) in [4.78, 5) is 0. The quantitative estimate of drug-likeness (QED) is 0.186. The van der Waals surface area contributed by atoms with Gasteiger partial charge in [0.2, 0.25) is 0 Å². The van der Waals surface area contributed by atoms with Crippen molar-refractivity contribution in [1.82, 2.24) is 0 Å². The lowest BCUT2D eigenvalue weighted by Gasteiger charge is -2.36. The average Bonchev–Trinajstić information content (AvgIpc) is 2.57. The van der Waals surface area contributed by atoms with Crippen LogP contribution < -0.4 is 0 Å². The summed E-state index contributed by atoms with van der Waals surface area (Å²) in [5, 5.41) is -2.23. The summed E-state index contributed by atoms with van der Waals surface area (Å²) in [5.41, 5.74) is -3.80. The van der Waals surface area contributed by atoms with Crippen LogP contribution in [0.1, 0.15) is 5.56 Å². The average molecular weight is 481 g/mol. The van der Waals surface area contributed by atoms with Crippen molar-refractivity contribution in [2.75, 3.05) is 0 Å². The van der Waals surface area contributed by atoms with Gasteiger partial charge in [-0.25, -0.2) is 17.6 Å². The lowest BCUT2D eigenvalue weighted by Crippen LogP contribution is -2.62. The van der Waals surface area contributed by atoms with Gasteiger partial charge >= 0.3 is 36.0 Å². The standard InChI is InChI=1S/C12ClF15O/c13-2-5(16)3(14)1(4(15)6(2)17)9(21,22)10(23,24)11(25,26)12(27,28)29-8(20)7(18)19. The zero-order valence-electron chi connectivity index (χ0n) is 12.5. The van der Waals surface area contributed by atoms with Crippen LogP contribution in [0.2, 0.25) is 5.02 Å². The number of halogens is 16. The molecule has 0 bridgehead atoms. The summed E-state index contributed by atoms with van der Waals surface area (Å²) in [6, 6.07) is -3.89. The van der Waals surface area contributed by atoms with Gasteiger partial charge in [-0.1, -0.05) is 11.6 Å². The fourth-order valence-electron chi connectivity index (χ4n) is 1.63. The molecule has 1 nitrogen and oxygen atoms in total. The Morgan fingerprint density at radius 1 is 0.655 bits per heavy atom. The topological polar surface area (TPSA) is 9.23 Å². The van der Waals surface area contributed by atoms with Gasteiger partial charge in [-0.2, -0.15) is 48.3 Å². The van der Waals surface area contributed by atoms with E-state index in [1.807, 2.05) is 4.74 Å². The van der Waals surface area contributed by atoms with E-state index in [4.69, 9.17) is 0 Å². The molecule has 0 saturated carbocycles. The first kappa shape index (κ1) is 25.0. The maximum atomic E-state index is 13.7. The fraction of sp³-hybridized carbons (Fsp3) is 0.333. The van der Waals surface area contributed by atoms with Crippen LogP contribution >= 0.6 is 11.6 Å². The van der Waals surface area contributed by atoms with Crippen molar-refractivity contribution in [1.29, 1.82) is 0 Å². The highest BCUT2D eigenvalue weighted by molar-refractivity contribution is 6.30. The first-order chi connectivity index (χ1) is 12.8. The molecule has 0 aliphatic heterocycles. The molecule has 0 aromatic heterocycles. The summed E-state index contributed by atoms with van der Waals surface area (Å²) < 4.78 is 198. The van der Waals surface area contributed by atoms with Crippen molar-refractivity contribution in [2.45, 2.75) is 23.9 Å². The molecule has 0 radical (unpaired) electrons. The van der Waals surface area contributed by atoms with Gasteiger partial charge in [0.05, 0.1) is 0 Å². The van der Waals surface area contributed by atoms with Crippen molar-refractivity contribution < 1.29 is 70.6 Å². The number of hydrogen-bond acceptors (Lipinski definition) is 1. The molecule has 166 valence electrons. The molecule has 17 heteroatoms. The molecule has 0 N–H and O–H groups in total. The van der Waals surface area contributed by atoms with Crippen molar-refractivity contribution >= 4 is 11.6 Å². The Morgan fingerprint density at radius 3 is 1.38 bits per heavy atom. The third kappa shape index (κ3) is 3.66. The normalized spacial score (nSPS) is 13.5. The second-order valence-electron chi connectivity index (χ2n) is 4.82. The van der Waals surface area contributed by atoms with Gasteiger partial charge in [-0.15, -0.1) is 0 Å². The lowest BCUT2D eigenvalue weighted by molar-refractivity contribution is -0.426. The number of alkyl halides is 8. The number of rotatable bonds is 6. The minimum atomic E-state index is -7.72. The third-order valence-electron chi connectivity index (χ3n) is 3.04. The van der Waals surface area contributed by atoms with E-state index < -0.39 is 69.8 Å². The first-order valence-corrected chi connectivity index (χ1v) is 6.56. The Morgan fingerprint density at radius 2 is 1.03 bits per heavy atom. The van der Waals surface area contributed by atoms with Crippen LogP contribution in [0.3, 0.4) is 0 Å². The van der Waals surface area contributed by atoms with Gasteiger partial charge < -0.3 is 4.74 Å². The molecule has 0 saturated heterocycles. The smallest absolute Gasteiger partial charge is 0.397 e. The second-order valence-corrected chi connectivity index (χ2v) is 5.20. The van der Waals surface area contributed by atoms with Crippen molar-refractivity contribution in [3.8, 4) is 0 Å². The van der Waals surface area contributed by atoms with Gasteiger partial charge in [-0.05, 0) is 0 Å². The lowest BCUT2D eigenvalue weighted by atomic mass is 9.95. The Bertz CT molecular complexity index is 813. The van der Waals surface area contributed by atoms with E-state index in [1.165, 1.54) is 0 Å². The molecule has 0 amide bonds. The Kier molecular flexibility index (Phi) is 6.35. The molecule has 0 aliphatic rings. The number of ether oxygens (including phenoxy) is 1. The summed E-state index contributed by atoms with van der Waals surface area (Å²) in [7, 11) is 0. The molecule has 29 heavy (non-hydrogen) atoms. The fourth-order valence-corrected chi connectivity index (χ4v) is 1.80. The van der Waals surface area contributed by atoms with Crippen LogP contribution in [0.25, 0.3) is 0 Å². The Labute approximate surface area is 153 Å². The van der Waals surface area contributed by atoms with Crippen LogP contribution in [0.4, 0.5) is 65.9 Å². The highest BCUT2D eigenvalue weighted by atomic mass is 35.5. The SMILES string of the molecule is FC(F)=C(F)OC(F)(F)C(F)(F)C(F)(F)C(F)(F)c1c(F)c(F)c(Cl)c(F)c1F. The summed E-state index contributed by atoms with van der Waals surface area (Å²) in [6.07, 6.45) is -11.1. The van der Waals surface area contributed by atoms with Gasteiger partial charge in [0.1, 0.15) is 10.6 Å². The minimum Gasteiger partial charge on any atom is -0.397 e. The van der Waals surface area contributed by atoms with Gasteiger partial charge in [-0.3, -0.25) is 0 Å². The molecule has 1 rings (SSSR count). The maximum Gasteiger partial charge on any atom is 0.472 e. The maximum absolute atomic E-state index is 13.7. The van der Waals surface area contributed by atoms with E-state index in [1.54, 1.807) is 0 Å². The highest BCUT2D eigenvalue weighted by Crippen LogP contribution is 2.58. The van der Waals surface area contributed by atoms with Gasteiger partial charge in [0, 0.05) is 0 Å². The second kappa shape index (κ2) is 7.36. The van der Waals surface area contributed by atoms with E-state index >= 15 is 0 Å². The van der Waals surface area contributed by atoms with E-state index in [0.717, 1.165) is 0 Å². The first-order valence-electron chi connectivity index (χ1n) is 6.18. The molecule has 0 heterocycles. The summed E-state index contributed by atoms with van der Waals surface area (Å²) >= 11 is 4.61. The molecular formula is C12ClF15O. The van der Waals surface area contributed by atoms with E-state index in [9.17, 15) is 65.9 Å². The van der Waals surface area contributed by atoms with Crippen molar-refractivity contribution in [2.24, 2.45) is 0 Å². The number of benzene rings is 1.